The average Bonchev–Trinajstić information content (AvgIpc) is 2.78. The highest BCUT2D eigenvalue weighted by Gasteiger charge is 2.24. The Bertz CT molecular complexity index is 551. The van der Waals surface area contributed by atoms with Crippen LogP contribution in [0.3, 0.4) is 0 Å². The normalized spacial score (nSPS) is 20.6. The summed E-state index contributed by atoms with van der Waals surface area (Å²) in [6, 6.07) is 2.66. The molecule has 0 bridgehead atoms. The highest BCUT2D eigenvalue weighted by atomic mass is 79.9. The second-order valence-corrected chi connectivity index (χ2v) is 5.51. The maximum absolute atomic E-state index is 4.59. The Balaban J connectivity index is 2.06. The zero-order valence-electron chi connectivity index (χ0n) is 10.5. The summed E-state index contributed by atoms with van der Waals surface area (Å²) in [6.45, 7) is 3.11. The van der Waals surface area contributed by atoms with E-state index in [-0.39, 0.29) is 0 Å². The van der Waals surface area contributed by atoms with E-state index in [4.69, 9.17) is 0 Å². The van der Waals surface area contributed by atoms with Gasteiger partial charge in [0.15, 0.2) is 5.82 Å². The Hall–Kier alpha value is -1.10. The van der Waals surface area contributed by atoms with Crippen molar-refractivity contribution in [3.8, 4) is 0 Å². The Kier molecular flexibility index (Phi) is 3.24. The molecule has 1 aliphatic rings. The maximum Gasteiger partial charge on any atom is 0.154 e. The quantitative estimate of drug-likeness (QED) is 0.800. The lowest BCUT2D eigenvalue weighted by molar-refractivity contribution is 0.488. The first kappa shape index (κ1) is 12.0. The molecular weight excluding hydrogens is 292 g/mol. The van der Waals surface area contributed by atoms with Crippen LogP contribution in [0.4, 0.5) is 5.82 Å². The smallest absolute Gasteiger partial charge is 0.154 e. The van der Waals surface area contributed by atoms with Gasteiger partial charge >= 0.3 is 0 Å². The Morgan fingerprint density at radius 3 is 3.17 bits per heavy atom. The van der Waals surface area contributed by atoms with Gasteiger partial charge in [0.05, 0.1) is 5.69 Å². The molecule has 0 spiro atoms. The third-order valence-electron chi connectivity index (χ3n) is 3.57. The van der Waals surface area contributed by atoms with Gasteiger partial charge in [0, 0.05) is 30.3 Å². The van der Waals surface area contributed by atoms with Crippen molar-refractivity contribution in [2.24, 2.45) is 0 Å². The van der Waals surface area contributed by atoms with Crippen LogP contribution in [0.1, 0.15) is 25.0 Å². The van der Waals surface area contributed by atoms with Crippen LogP contribution in [0.2, 0.25) is 0 Å². The van der Waals surface area contributed by atoms with Crippen molar-refractivity contribution in [2.45, 2.75) is 32.2 Å². The van der Waals surface area contributed by atoms with Crippen LogP contribution in [-0.4, -0.2) is 32.5 Å². The summed E-state index contributed by atoms with van der Waals surface area (Å²) in [5, 5.41) is 5.46. The van der Waals surface area contributed by atoms with E-state index < -0.39 is 0 Å². The minimum Gasteiger partial charge on any atom is -0.351 e. The number of halogens is 1. The summed E-state index contributed by atoms with van der Waals surface area (Å²) in [6.07, 6.45) is 7.56. The molecule has 1 unspecified atom stereocenters. The molecule has 0 radical (unpaired) electrons. The lowest BCUT2D eigenvalue weighted by Crippen LogP contribution is -2.41. The van der Waals surface area contributed by atoms with Crippen molar-refractivity contribution >= 4 is 27.3 Å². The van der Waals surface area contributed by atoms with Crippen molar-refractivity contribution in [1.29, 1.82) is 0 Å². The highest BCUT2D eigenvalue weighted by Crippen LogP contribution is 2.27. The van der Waals surface area contributed by atoms with E-state index in [0.717, 1.165) is 28.9 Å². The largest absolute Gasteiger partial charge is 0.351 e. The van der Waals surface area contributed by atoms with Crippen molar-refractivity contribution < 1.29 is 0 Å². The second kappa shape index (κ2) is 4.88. The van der Waals surface area contributed by atoms with Gasteiger partial charge in [0.2, 0.25) is 0 Å². The lowest BCUT2D eigenvalue weighted by atomic mass is 10.0. The van der Waals surface area contributed by atoms with Gasteiger partial charge in [-0.05, 0) is 32.3 Å². The van der Waals surface area contributed by atoms with E-state index in [0.29, 0.717) is 6.04 Å². The van der Waals surface area contributed by atoms with E-state index in [2.05, 4.69) is 37.0 Å². The van der Waals surface area contributed by atoms with E-state index in [1.165, 1.54) is 19.3 Å². The van der Waals surface area contributed by atoms with Gasteiger partial charge in [0.1, 0.15) is 5.52 Å². The van der Waals surface area contributed by atoms with E-state index in [1.807, 2.05) is 23.8 Å². The van der Waals surface area contributed by atoms with Crippen LogP contribution >= 0.6 is 15.9 Å². The number of piperidine rings is 1. The van der Waals surface area contributed by atoms with Gasteiger partial charge in [-0.15, -0.1) is 0 Å². The molecule has 5 heteroatoms. The molecule has 0 saturated carbocycles. The van der Waals surface area contributed by atoms with Crippen molar-refractivity contribution in [1.82, 2.24) is 14.6 Å². The average molecular weight is 309 g/mol. The maximum atomic E-state index is 4.59. The summed E-state index contributed by atoms with van der Waals surface area (Å²) < 4.78 is 1.93. The zero-order valence-corrected chi connectivity index (χ0v) is 12.1. The minimum absolute atomic E-state index is 0.549. The fourth-order valence-corrected chi connectivity index (χ4v) is 3.36. The number of hydrogen-bond donors (Lipinski definition) is 0. The standard InChI is InChI=1S/C13H17BrN4/c1-10-8-12-13(15-5-7-18(12)16-10)17-6-3-2-4-11(17)9-14/h5,7-8,11H,2-4,6,9H2,1H3. The molecule has 96 valence electrons. The topological polar surface area (TPSA) is 33.4 Å². The van der Waals surface area contributed by atoms with E-state index in [1.54, 1.807) is 0 Å². The van der Waals surface area contributed by atoms with Crippen LogP contribution < -0.4 is 4.90 Å². The summed E-state index contributed by atoms with van der Waals surface area (Å²) in [4.78, 5) is 7.01. The third kappa shape index (κ3) is 2.00. The Labute approximate surface area is 115 Å². The molecule has 18 heavy (non-hydrogen) atoms. The summed E-state index contributed by atoms with van der Waals surface area (Å²) in [5.74, 6) is 1.07. The minimum atomic E-state index is 0.549. The predicted octanol–water partition coefficient (Wildman–Crippen LogP) is 2.79. The predicted molar refractivity (Wildman–Crippen MR) is 76.5 cm³/mol. The van der Waals surface area contributed by atoms with E-state index in [9.17, 15) is 0 Å². The molecule has 1 aliphatic heterocycles. The third-order valence-corrected chi connectivity index (χ3v) is 4.32. The molecule has 2 aromatic rings. The highest BCUT2D eigenvalue weighted by molar-refractivity contribution is 9.09. The lowest BCUT2D eigenvalue weighted by Gasteiger charge is -2.35. The molecule has 2 aromatic heterocycles. The molecule has 3 heterocycles. The fraction of sp³-hybridized carbons (Fsp3) is 0.538. The molecule has 0 N–H and O–H groups in total. The van der Waals surface area contributed by atoms with Gasteiger partial charge in [-0.1, -0.05) is 15.9 Å². The summed E-state index contributed by atoms with van der Waals surface area (Å²) in [5.41, 5.74) is 2.15. The van der Waals surface area contributed by atoms with Gasteiger partial charge in [0.25, 0.3) is 0 Å². The Morgan fingerprint density at radius 1 is 1.44 bits per heavy atom. The van der Waals surface area contributed by atoms with Crippen LogP contribution in [0.5, 0.6) is 0 Å². The van der Waals surface area contributed by atoms with Gasteiger partial charge in [-0.2, -0.15) is 5.10 Å². The number of aryl methyl sites for hydroxylation is 1. The monoisotopic (exact) mass is 308 g/mol. The first-order valence-corrected chi connectivity index (χ1v) is 7.55. The van der Waals surface area contributed by atoms with Crippen LogP contribution in [0.15, 0.2) is 18.5 Å². The molecule has 0 aliphatic carbocycles. The van der Waals surface area contributed by atoms with Crippen molar-refractivity contribution in [3.63, 3.8) is 0 Å². The number of alkyl halides is 1. The number of nitrogens with zero attached hydrogens (tertiary/aromatic N) is 4. The molecule has 0 amide bonds. The van der Waals surface area contributed by atoms with E-state index >= 15 is 0 Å². The SMILES string of the molecule is Cc1cc2c(N3CCCCC3CBr)nccn2n1. The molecule has 4 nitrogen and oxygen atoms in total. The van der Waals surface area contributed by atoms with Crippen LogP contribution in [-0.2, 0) is 0 Å². The molecular formula is C13H17BrN4. The number of hydrogen-bond acceptors (Lipinski definition) is 3. The first-order chi connectivity index (χ1) is 8.79. The van der Waals surface area contributed by atoms with Crippen molar-refractivity contribution in [3.05, 3.63) is 24.2 Å². The zero-order chi connectivity index (χ0) is 12.5. The van der Waals surface area contributed by atoms with Gasteiger partial charge in [-0.3, -0.25) is 0 Å². The number of rotatable bonds is 2. The van der Waals surface area contributed by atoms with Crippen LogP contribution in [0, 0.1) is 6.92 Å². The number of fused-ring (bicyclic) bond motifs is 1. The Morgan fingerprint density at radius 2 is 2.33 bits per heavy atom. The number of anilines is 1. The second-order valence-electron chi connectivity index (χ2n) is 4.86. The van der Waals surface area contributed by atoms with Gasteiger partial charge < -0.3 is 4.90 Å². The van der Waals surface area contributed by atoms with Gasteiger partial charge in [-0.25, -0.2) is 9.50 Å². The molecule has 1 atom stereocenters. The summed E-state index contributed by atoms with van der Waals surface area (Å²) >= 11 is 3.63. The van der Waals surface area contributed by atoms with Crippen LogP contribution in [0.25, 0.3) is 5.52 Å². The summed E-state index contributed by atoms with van der Waals surface area (Å²) in [7, 11) is 0. The first-order valence-electron chi connectivity index (χ1n) is 6.43. The van der Waals surface area contributed by atoms with Crippen molar-refractivity contribution in [2.75, 3.05) is 16.8 Å². The fourth-order valence-electron chi connectivity index (χ4n) is 2.69. The number of aromatic nitrogens is 3. The molecule has 1 fully saturated rings. The molecule has 0 aromatic carbocycles. The molecule has 3 rings (SSSR count). The molecule has 1 saturated heterocycles.